The van der Waals surface area contributed by atoms with E-state index in [1.54, 1.807) is 17.0 Å². The van der Waals surface area contributed by atoms with E-state index in [0.29, 0.717) is 38.6 Å². The molecule has 0 spiro atoms. The number of nitrogens with zero attached hydrogens (tertiary/aromatic N) is 1. The van der Waals surface area contributed by atoms with Gasteiger partial charge in [-0.2, -0.15) is 0 Å². The molecule has 1 amide bonds. The maximum absolute atomic E-state index is 12.3. The largest absolute Gasteiger partial charge is 0.459 e. The fraction of sp³-hybridized carbons (Fsp3) is 0.615. The first kappa shape index (κ1) is 14.6. The second kappa shape index (κ2) is 5.11. The molecular weight excluding hydrogens is 296 g/mol. The topological polar surface area (TPSA) is 88.9 Å². The summed E-state index contributed by atoms with van der Waals surface area (Å²) in [6.45, 7) is 2.33. The summed E-state index contributed by atoms with van der Waals surface area (Å²) in [6, 6.07) is 3.31. The summed E-state index contributed by atoms with van der Waals surface area (Å²) in [5.74, 6) is 0.293. The van der Waals surface area contributed by atoms with Crippen molar-refractivity contribution in [2.24, 2.45) is 11.3 Å². The number of hydrogen-bond donors (Lipinski definition) is 1. The van der Waals surface area contributed by atoms with Crippen molar-refractivity contribution < 1.29 is 22.4 Å². The second-order valence-corrected chi connectivity index (χ2v) is 7.66. The molecule has 1 N–H and O–H groups in total. The summed E-state index contributed by atoms with van der Waals surface area (Å²) in [6.07, 6.45) is 2.60. The van der Waals surface area contributed by atoms with E-state index in [1.165, 1.54) is 6.26 Å². The van der Waals surface area contributed by atoms with Gasteiger partial charge in [0.15, 0.2) is 5.76 Å². The Hall–Kier alpha value is -1.38. The third kappa shape index (κ3) is 2.83. The summed E-state index contributed by atoms with van der Waals surface area (Å²) in [5, 5.41) is 0. The number of nitrogens with one attached hydrogen (secondary N) is 1. The highest BCUT2D eigenvalue weighted by Crippen LogP contribution is 2.41. The van der Waals surface area contributed by atoms with Crippen molar-refractivity contribution in [3.63, 3.8) is 0 Å². The van der Waals surface area contributed by atoms with Crippen LogP contribution in [0.3, 0.4) is 0 Å². The molecule has 8 heteroatoms. The van der Waals surface area contributed by atoms with E-state index in [0.717, 1.165) is 6.26 Å². The lowest BCUT2D eigenvalue weighted by Crippen LogP contribution is -2.43. The van der Waals surface area contributed by atoms with Crippen molar-refractivity contribution in [3.05, 3.63) is 24.2 Å². The highest BCUT2D eigenvalue weighted by atomic mass is 32.2. The number of carbonyl (C=O) groups is 1. The van der Waals surface area contributed by atoms with Crippen molar-refractivity contribution in [2.75, 3.05) is 39.1 Å². The molecule has 2 atom stereocenters. The van der Waals surface area contributed by atoms with Crippen LogP contribution >= 0.6 is 0 Å². The standard InChI is InChI=1S/C13H18N2O5S/c1-21(17,18)14-7-13-8-15(5-10(13)6-19-9-13)12(16)11-3-2-4-20-11/h2-4,10,14H,5-9H2,1H3/t10-,13+/m0/s1. The zero-order chi connectivity index (χ0) is 15.1. The molecule has 1 aromatic heterocycles. The van der Waals surface area contributed by atoms with Crippen LogP contribution < -0.4 is 4.72 Å². The average Bonchev–Trinajstić information content (AvgIpc) is 3.10. The predicted molar refractivity (Wildman–Crippen MR) is 74.2 cm³/mol. The summed E-state index contributed by atoms with van der Waals surface area (Å²) in [4.78, 5) is 14.1. The van der Waals surface area contributed by atoms with Gasteiger partial charge in [0.2, 0.25) is 10.0 Å². The van der Waals surface area contributed by atoms with Gasteiger partial charge >= 0.3 is 0 Å². The molecule has 0 aliphatic carbocycles. The normalized spacial score (nSPS) is 28.8. The lowest BCUT2D eigenvalue weighted by Gasteiger charge is -2.26. The monoisotopic (exact) mass is 314 g/mol. The molecule has 2 saturated heterocycles. The third-order valence-corrected chi connectivity index (χ3v) is 4.90. The van der Waals surface area contributed by atoms with Gasteiger partial charge in [-0.05, 0) is 12.1 Å². The average molecular weight is 314 g/mol. The van der Waals surface area contributed by atoms with Gasteiger partial charge in [-0.1, -0.05) is 0 Å². The Labute approximate surface area is 123 Å². The number of fused-ring (bicyclic) bond motifs is 1. The molecule has 3 heterocycles. The van der Waals surface area contributed by atoms with Gasteiger partial charge in [0, 0.05) is 31.0 Å². The van der Waals surface area contributed by atoms with Gasteiger partial charge in [-0.25, -0.2) is 13.1 Å². The van der Waals surface area contributed by atoms with Crippen LogP contribution in [0.5, 0.6) is 0 Å². The minimum absolute atomic E-state index is 0.144. The van der Waals surface area contributed by atoms with Crippen LogP contribution in [0, 0.1) is 11.3 Å². The molecule has 0 bridgehead atoms. The van der Waals surface area contributed by atoms with Crippen molar-refractivity contribution in [3.8, 4) is 0 Å². The number of hydrogen-bond acceptors (Lipinski definition) is 5. The quantitative estimate of drug-likeness (QED) is 0.839. The van der Waals surface area contributed by atoms with Crippen LogP contribution in [0.2, 0.25) is 0 Å². The van der Waals surface area contributed by atoms with E-state index < -0.39 is 10.0 Å². The molecule has 0 radical (unpaired) electrons. The summed E-state index contributed by atoms with van der Waals surface area (Å²) < 4.78 is 35.9. The first-order valence-electron chi connectivity index (χ1n) is 6.75. The van der Waals surface area contributed by atoms with Gasteiger partial charge in [-0.15, -0.1) is 0 Å². The van der Waals surface area contributed by atoms with Gasteiger partial charge in [0.05, 0.1) is 25.7 Å². The highest BCUT2D eigenvalue weighted by Gasteiger charge is 2.52. The zero-order valence-corrected chi connectivity index (χ0v) is 12.6. The Morgan fingerprint density at radius 2 is 2.38 bits per heavy atom. The summed E-state index contributed by atoms with van der Waals surface area (Å²) in [5.41, 5.74) is -0.342. The van der Waals surface area contributed by atoms with Crippen LogP contribution in [0.25, 0.3) is 0 Å². The van der Waals surface area contributed by atoms with Crippen LogP contribution in [-0.2, 0) is 14.8 Å². The maximum atomic E-state index is 12.3. The van der Waals surface area contributed by atoms with Crippen molar-refractivity contribution in [2.45, 2.75) is 0 Å². The lowest BCUT2D eigenvalue weighted by atomic mass is 9.81. The number of amides is 1. The van der Waals surface area contributed by atoms with Crippen LogP contribution in [0.1, 0.15) is 10.6 Å². The van der Waals surface area contributed by atoms with E-state index in [-0.39, 0.29) is 17.2 Å². The summed E-state index contributed by atoms with van der Waals surface area (Å²) in [7, 11) is -3.26. The number of ether oxygens (including phenoxy) is 1. The van der Waals surface area contributed by atoms with E-state index in [1.807, 2.05) is 0 Å². The first-order valence-corrected chi connectivity index (χ1v) is 8.64. The first-order chi connectivity index (χ1) is 9.90. The van der Waals surface area contributed by atoms with Crippen molar-refractivity contribution >= 4 is 15.9 Å². The van der Waals surface area contributed by atoms with Gasteiger partial charge < -0.3 is 14.1 Å². The number of likely N-dealkylation sites (tertiary alicyclic amines) is 1. The molecule has 21 heavy (non-hydrogen) atoms. The van der Waals surface area contributed by atoms with Crippen LogP contribution in [-0.4, -0.2) is 58.3 Å². The predicted octanol–water partition coefficient (Wildman–Crippen LogP) is -0.0826. The van der Waals surface area contributed by atoms with E-state index in [2.05, 4.69) is 4.72 Å². The SMILES string of the molecule is CS(=O)(=O)NC[C@@]12COC[C@@H]1CN(C(=O)c1ccco1)C2. The Kier molecular flexibility index (Phi) is 3.54. The van der Waals surface area contributed by atoms with Crippen LogP contribution in [0.15, 0.2) is 22.8 Å². The second-order valence-electron chi connectivity index (χ2n) is 5.83. The third-order valence-electron chi connectivity index (χ3n) is 4.23. The Morgan fingerprint density at radius 3 is 3.05 bits per heavy atom. The van der Waals surface area contributed by atoms with Gasteiger partial charge in [0.1, 0.15) is 0 Å². The molecular formula is C13H18N2O5S. The Balaban J connectivity index is 1.74. The molecule has 0 unspecified atom stereocenters. The Bertz CT molecular complexity index is 627. The summed E-state index contributed by atoms with van der Waals surface area (Å²) >= 11 is 0. The highest BCUT2D eigenvalue weighted by molar-refractivity contribution is 7.88. The fourth-order valence-electron chi connectivity index (χ4n) is 3.07. The molecule has 2 aliphatic heterocycles. The molecule has 0 aromatic carbocycles. The number of carbonyl (C=O) groups excluding carboxylic acids is 1. The molecule has 2 aliphatic rings. The van der Waals surface area contributed by atoms with Gasteiger partial charge in [-0.3, -0.25) is 4.79 Å². The molecule has 3 rings (SSSR count). The van der Waals surface area contributed by atoms with Crippen LogP contribution in [0.4, 0.5) is 0 Å². The molecule has 7 nitrogen and oxygen atoms in total. The van der Waals surface area contributed by atoms with Crippen molar-refractivity contribution in [1.82, 2.24) is 9.62 Å². The molecule has 2 fully saturated rings. The molecule has 0 saturated carbocycles. The minimum Gasteiger partial charge on any atom is -0.459 e. The number of rotatable bonds is 4. The number of furan rings is 1. The lowest BCUT2D eigenvalue weighted by molar-refractivity contribution is 0.0691. The van der Waals surface area contributed by atoms with E-state index in [4.69, 9.17) is 9.15 Å². The van der Waals surface area contributed by atoms with E-state index >= 15 is 0 Å². The Morgan fingerprint density at radius 1 is 1.57 bits per heavy atom. The van der Waals surface area contributed by atoms with Crippen molar-refractivity contribution in [1.29, 1.82) is 0 Å². The van der Waals surface area contributed by atoms with E-state index in [9.17, 15) is 13.2 Å². The molecule has 1 aromatic rings. The minimum atomic E-state index is -3.26. The molecule has 116 valence electrons. The fourth-order valence-corrected chi connectivity index (χ4v) is 3.62. The zero-order valence-electron chi connectivity index (χ0n) is 11.7. The maximum Gasteiger partial charge on any atom is 0.289 e. The smallest absolute Gasteiger partial charge is 0.289 e. The van der Waals surface area contributed by atoms with Gasteiger partial charge in [0.25, 0.3) is 5.91 Å². The number of sulfonamides is 1.